The number of carbonyl (C=O) groups excluding carboxylic acids is 1. The topological polar surface area (TPSA) is 86.6 Å². The van der Waals surface area contributed by atoms with Crippen LogP contribution < -0.4 is 5.32 Å². The van der Waals surface area contributed by atoms with Crippen LogP contribution in [0.5, 0.6) is 0 Å². The van der Waals surface area contributed by atoms with E-state index in [9.17, 15) is 14.7 Å². The monoisotopic (exact) mass is 291 g/mol. The number of hydrogen-bond acceptors (Lipinski definition) is 4. The largest absolute Gasteiger partial charge is 0.511 e. The van der Waals surface area contributed by atoms with Gasteiger partial charge >= 0.3 is 5.97 Å². The van der Waals surface area contributed by atoms with Crippen LogP contribution in [0, 0.1) is 5.92 Å². The Hall–Kier alpha value is -2.21. The highest BCUT2D eigenvalue weighted by Gasteiger charge is 2.33. The van der Waals surface area contributed by atoms with E-state index in [-0.39, 0.29) is 29.2 Å². The maximum atomic E-state index is 11.9. The van der Waals surface area contributed by atoms with Crippen LogP contribution >= 0.6 is 12.2 Å². The number of benzene rings is 1. The lowest BCUT2D eigenvalue weighted by atomic mass is 9.87. The second-order valence-electron chi connectivity index (χ2n) is 4.51. The highest BCUT2D eigenvalue weighted by molar-refractivity contribution is 7.81. The predicted octanol–water partition coefficient (Wildman–Crippen LogP) is 2.30. The van der Waals surface area contributed by atoms with E-state index in [1.54, 1.807) is 12.1 Å². The van der Waals surface area contributed by atoms with Crippen LogP contribution in [0.3, 0.4) is 0 Å². The van der Waals surface area contributed by atoms with Gasteiger partial charge in [0.15, 0.2) is 5.78 Å². The van der Waals surface area contributed by atoms with E-state index in [0.29, 0.717) is 5.69 Å². The Kier molecular flexibility index (Phi) is 4.14. The summed E-state index contributed by atoms with van der Waals surface area (Å²) in [6.45, 7) is 0. The van der Waals surface area contributed by atoms with Crippen LogP contribution in [0.15, 0.2) is 41.7 Å². The van der Waals surface area contributed by atoms with Gasteiger partial charge < -0.3 is 15.5 Å². The van der Waals surface area contributed by atoms with Gasteiger partial charge in [0.25, 0.3) is 0 Å². The summed E-state index contributed by atoms with van der Waals surface area (Å²) < 4.78 is 0. The molecule has 1 aliphatic rings. The number of carboxylic acid groups (broad SMARTS) is 1. The molecule has 0 aromatic heterocycles. The van der Waals surface area contributed by atoms with Crippen molar-refractivity contribution in [1.29, 1.82) is 0 Å². The first-order valence-electron chi connectivity index (χ1n) is 6.03. The molecule has 1 unspecified atom stereocenters. The number of nitrogens with one attached hydrogen (secondary N) is 1. The summed E-state index contributed by atoms with van der Waals surface area (Å²) in [5, 5.41) is 21.6. The zero-order chi connectivity index (χ0) is 14.7. The van der Waals surface area contributed by atoms with Gasteiger partial charge in [0.05, 0.1) is 11.5 Å². The zero-order valence-corrected chi connectivity index (χ0v) is 11.3. The second-order valence-corrected chi connectivity index (χ2v) is 4.92. The Balaban J connectivity index is 2.19. The van der Waals surface area contributed by atoms with Gasteiger partial charge in [-0.2, -0.15) is 0 Å². The number of para-hydroxylation sites is 1. The molecule has 0 bridgehead atoms. The first-order chi connectivity index (χ1) is 9.49. The number of aliphatic carboxylic acids is 1. The van der Waals surface area contributed by atoms with E-state index in [4.69, 9.17) is 17.3 Å². The number of Topliss-reactive ketones (excluding diaryl/α,β-unsaturated/α-hetero) is 1. The number of thiocarbonyl (C=S) groups is 1. The molecule has 6 heteroatoms. The van der Waals surface area contributed by atoms with Gasteiger partial charge in [0.2, 0.25) is 0 Å². The van der Waals surface area contributed by atoms with E-state index >= 15 is 0 Å². The SMILES string of the molecule is O=C1CC(C(=O)O)CC(O)=C1C(=S)Nc1ccccc1. The van der Waals surface area contributed by atoms with Gasteiger partial charge in [-0.15, -0.1) is 0 Å². The molecule has 1 aliphatic carbocycles. The van der Waals surface area contributed by atoms with Crippen LogP contribution in [0.25, 0.3) is 0 Å². The summed E-state index contributed by atoms with van der Waals surface area (Å²) in [6.07, 6.45) is -0.224. The molecule has 0 radical (unpaired) electrons. The van der Waals surface area contributed by atoms with Crippen molar-refractivity contribution in [1.82, 2.24) is 0 Å². The van der Waals surface area contributed by atoms with Gasteiger partial charge in [-0.05, 0) is 12.1 Å². The van der Waals surface area contributed by atoms with Gasteiger partial charge in [-0.3, -0.25) is 9.59 Å². The highest BCUT2D eigenvalue weighted by Crippen LogP contribution is 2.27. The zero-order valence-electron chi connectivity index (χ0n) is 10.5. The third kappa shape index (κ3) is 3.03. The van der Waals surface area contributed by atoms with Gasteiger partial charge in [0, 0.05) is 18.5 Å². The molecule has 5 nitrogen and oxygen atoms in total. The molecule has 1 aromatic rings. The molecular weight excluding hydrogens is 278 g/mol. The molecule has 0 amide bonds. The summed E-state index contributed by atoms with van der Waals surface area (Å²) in [7, 11) is 0. The van der Waals surface area contributed by atoms with E-state index in [2.05, 4.69) is 5.32 Å². The van der Waals surface area contributed by atoms with Crippen molar-refractivity contribution >= 4 is 34.6 Å². The first kappa shape index (κ1) is 14.2. The van der Waals surface area contributed by atoms with Crippen LogP contribution in [0.2, 0.25) is 0 Å². The molecule has 2 rings (SSSR count). The average Bonchev–Trinajstić information content (AvgIpc) is 2.38. The standard InChI is InChI=1S/C14H13NO4S/c16-10-6-8(14(18)19)7-11(17)12(10)13(20)15-9-4-2-1-3-5-9/h1-5,8,16H,6-7H2,(H,15,20)(H,18,19). The lowest BCUT2D eigenvalue weighted by molar-refractivity contribution is -0.144. The number of anilines is 1. The Morgan fingerprint density at radius 1 is 1.25 bits per heavy atom. The number of allylic oxidation sites excluding steroid dienone is 1. The van der Waals surface area contributed by atoms with Crippen LogP contribution in [0.1, 0.15) is 12.8 Å². The number of hydrogen-bond donors (Lipinski definition) is 3. The van der Waals surface area contributed by atoms with Crippen molar-refractivity contribution in [2.75, 3.05) is 5.32 Å². The maximum Gasteiger partial charge on any atom is 0.307 e. The minimum atomic E-state index is -1.09. The maximum absolute atomic E-state index is 11.9. The third-order valence-corrected chi connectivity index (χ3v) is 3.35. The first-order valence-corrected chi connectivity index (χ1v) is 6.44. The van der Waals surface area contributed by atoms with Crippen molar-refractivity contribution in [3.63, 3.8) is 0 Å². The second kappa shape index (κ2) is 5.83. The molecule has 0 saturated carbocycles. The molecular formula is C14H13NO4S. The van der Waals surface area contributed by atoms with Crippen molar-refractivity contribution < 1.29 is 19.8 Å². The van der Waals surface area contributed by atoms with Gasteiger partial charge in [0.1, 0.15) is 10.7 Å². The smallest absolute Gasteiger partial charge is 0.307 e. The molecule has 1 atom stereocenters. The lowest BCUT2D eigenvalue weighted by Gasteiger charge is -2.21. The summed E-state index contributed by atoms with van der Waals surface area (Å²) in [5.74, 6) is -2.69. The van der Waals surface area contributed by atoms with Crippen LogP contribution in [0.4, 0.5) is 5.69 Å². The summed E-state index contributed by atoms with van der Waals surface area (Å²) in [6, 6.07) is 9.01. The highest BCUT2D eigenvalue weighted by atomic mass is 32.1. The molecule has 1 aromatic carbocycles. The molecule has 0 aliphatic heterocycles. The Labute approximate surface area is 120 Å². The third-order valence-electron chi connectivity index (χ3n) is 3.05. The Morgan fingerprint density at radius 2 is 1.90 bits per heavy atom. The summed E-state index contributed by atoms with van der Waals surface area (Å²) in [4.78, 5) is 22.9. The lowest BCUT2D eigenvalue weighted by Crippen LogP contribution is -2.30. The van der Waals surface area contributed by atoms with Crippen molar-refractivity contribution in [2.24, 2.45) is 5.92 Å². The van der Waals surface area contributed by atoms with E-state index in [1.807, 2.05) is 18.2 Å². The summed E-state index contributed by atoms with van der Waals surface area (Å²) in [5.41, 5.74) is 0.715. The molecule has 104 valence electrons. The quantitative estimate of drug-likeness (QED) is 0.741. The number of carboxylic acids is 1. The Bertz CT molecular complexity index is 594. The number of ketones is 1. The number of aliphatic hydroxyl groups is 1. The fourth-order valence-corrected chi connectivity index (χ4v) is 2.39. The number of rotatable bonds is 3. The number of carbonyl (C=O) groups is 2. The molecule has 20 heavy (non-hydrogen) atoms. The fraction of sp³-hybridized carbons (Fsp3) is 0.214. The minimum Gasteiger partial charge on any atom is -0.511 e. The predicted molar refractivity (Wildman–Crippen MR) is 77.7 cm³/mol. The van der Waals surface area contributed by atoms with E-state index in [1.165, 1.54) is 0 Å². The fourth-order valence-electron chi connectivity index (χ4n) is 2.04. The molecule has 0 fully saturated rings. The van der Waals surface area contributed by atoms with Gasteiger partial charge in [-0.1, -0.05) is 30.4 Å². The normalized spacial score (nSPS) is 18.8. The van der Waals surface area contributed by atoms with E-state index in [0.717, 1.165) is 0 Å². The minimum absolute atomic E-state index is 0.0151. The van der Waals surface area contributed by atoms with Gasteiger partial charge in [-0.25, -0.2) is 0 Å². The molecule has 0 saturated heterocycles. The molecule has 0 heterocycles. The van der Waals surface area contributed by atoms with Crippen LogP contribution in [-0.2, 0) is 9.59 Å². The molecule has 0 spiro atoms. The average molecular weight is 291 g/mol. The van der Waals surface area contributed by atoms with E-state index < -0.39 is 17.7 Å². The Morgan fingerprint density at radius 3 is 2.45 bits per heavy atom. The van der Waals surface area contributed by atoms with Crippen molar-refractivity contribution in [3.05, 3.63) is 41.7 Å². The van der Waals surface area contributed by atoms with Crippen molar-refractivity contribution in [2.45, 2.75) is 12.8 Å². The summed E-state index contributed by atoms with van der Waals surface area (Å²) >= 11 is 5.12. The van der Waals surface area contributed by atoms with Crippen molar-refractivity contribution in [3.8, 4) is 0 Å². The molecule has 3 N–H and O–H groups in total. The van der Waals surface area contributed by atoms with Crippen LogP contribution in [-0.4, -0.2) is 27.0 Å². The number of aliphatic hydroxyl groups excluding tert-OH is 1.